The Labute approximate surface area is 127 Å². The molecule has 0 spiro atoms. The molecule has 0 atom stereocenters. The molecule has 4 nitrogen and oxygen atoms in total. The minimum absolute atomic E-state index is 0.111. The van der Waals surface area contributed by atoms with Crippen LogP contribution < -0.4 is 5.32 Å². The second kappa shape index (κ2) is 5.33. The van der Waals surface area contributed by atoms with E-state index < -0.39 is 0 Å². The van der Waals surface area contributed by atoms with Crippen molar-refractivity contribution in [3.63, 3.8) is 0 Å². The van der Waals surface area contributed by atoms with Gasteiger partial charge in [0.1, 0.15) is 10.7 Å². The van der Waals surface area contributed by atoms with Crippen molar-refractivity contribution in [2.75, 3.05) is 0 Å². The van der Waals surface area contributed by atoms with Gasteiger partial charge in [0.15, 0.2) is 0 Å². The first kappa shape index (κ1) is 13.8. The number of carbonyl (C=O) groups excluding carboxylic acids is 1. The van der Waals surface area contributed by atoms with Crippen molar-refractivity contribution in [3.8, 4) is 10.7 Å². The Bertz CT molecular complexity index is 801. The third kappa shape index (κ3) is 2.56. The maximum absolute atomic E-state index is 12.0. The standard InChI is InChI=1S/C16H17N3OS/c1-10(2)17-15(20)12-9-21-16(18-12)14-8-11-6-4-5-7-13(11)19(14)3/h4-10H,1-3H3,(H,17,20). The molecule has 0 saturated heterocycles. The van der Waals surface area contributed by atoms with Crippen LogP contribution in [-0.2, 0) is 7.05 Å². The number of hydrogen-bond donors (Lipinski definition) is 1. The molecule has 3 rings (SSSR count). The molecule has 0 radical (unpaired) electrons. The number of hydrogen-bond acceptors (Lipinski definition) is 3. The van der Waals surface area contributed by atoms with Crippen LogP contribution in [0.15, 0.2) is 35.7 Å². The van der Waals surface area contributed by atoms with Crippen LogP contribution in [-0.4, -0.2) is 21.5 Å². The zero-order valence-corrected chi connectivity index (χ0v) is 13.1. The summed E-state index contributed by atoms with van der Waals surface area (Å²) < 4.78 is 2.11. The average molecular weight is 299 g/mol. The van der Waals surface area contributed by atoms with Gasteiger partial charge in [0, 0.05) is 29.4 Å². The van der Waals surface area contributed by atoms with Crippen LogP contribution in [0.1, 0.15) is 24.3 Å². The van der Waals surface area contributed by atoms with Crippen molar-refractivity contribution in [1.82, 2.24) is 14.9 Å². The van der Waals surface area contributed by atoms with E-state index in [-0.39, 0.29) is 11.9 Å². The first-order valence-electron chi connectivity index (χ1n) is 6.87. The number of rotatable bonds is 3. The number of thiazole rings is 1. The summed E-state index contributed by atoms with van der Waals surface area (Å²) in [6.07, 6.45) is 0. The molecule has 0 saturated carbocycles. The zero-order chi connectivity index (χ0) is 15.0. The minimum atomic E-state index is -0.119. The number of para-hydroxylation sites is 1. The van der Waals surface area contributed by atoms with E-state index in [0.717, 1.165) is 16.2 Å². The lowest BCUT2D eigenvalue weighted by atomic mass is 10.2. The third-order valence-corrected chi connectivity index (χ3v) is 4.19. The smallest absolute Gasteiger partial charge is 0.270 e. The van der Waals surface area contributed by atoms with Crippen LogP contribution in [0.4, 0.5) is 0 Å². The van der Waals surface area contributed by atoms with Crippen molar-refractivity contribution in [2.45, 2.75) is 19.9 Å². The summed E-state index contributed by atoms with van der Waals surface area (Å²) in [4.78, 5) is 16.5. The lowest BCUT2D eigenvalue weighted by Gasteiger charge is -2.05. The lowest BCUT2D eigenvalue weighted by molar-refractivity contribution is 0.0939. The minimum Gasteiger partial charge on any atom is -0.349 e. The van der Waals surface area contributed by atoms with Crippen molar-refractivity contribution in [3.05, 3.63) is 41.4 Å². The first-order chi connectivity index (χ1) is 10.1. The van der Waals surface area contributed by atoms with Crippen molar-refractivity contribution in [2.24, 2.45) is 7.05 Å². The molecule has 0 aliphatic rings. The maximum Gasteiger partial charge on any atom is 0.270 e. The third-order valence-electron chi connectivity index (χ3n) is 3.33. The van der Waals surface area contributed by atoms with Crippen molar-refractivity contribution in [1.29, 1.82) is 0 Å². The number of aryl methyl sites for hydroxylation is 1. The highest BCUT2D eigenvalue weighted by Gasteiger charge is 2.15. The van der Waals surface area contributed by atoms with Gasteiger partial charge in [-0.25, -0.2) is 4.98 Å². The number of aromatic nitrogens is 2. The molecule has 3 aromatic rings. The fourth-order valence-electron chi connectivity index (χ4n) is 2.33. The van der Waals surface area contributed by atoms with Gasteiger partial charge in [0.05, 0.1) is 5.69 Å². The van der Waals surface area contributed by atoms with E-state index in [0.29, 0.717) is 5.69 Å². The largest absolute Gasteiger partial charge is 0.349 e. The number of nitrogens with one attached hydrogen (secondary N) is 1. The summed E-state index contributed by atoms with van der Waals surface area (Å²) in [6, 6.07) is 10.4. The number of fused-ring (bicyclic) bond motifs is 1. The topological polar surface area (TPSA) is 46.9 Å². The molecule has 0 aliphatic carbocycles. The SMILES string of the molecule is CC(C)NC(=O)c1csc(-c2cc3ccccc3n2C)n1. The van der Waals surface area contributed by atoms with Crippen molar-refractivity contribution < 1.29 is 4.79 Å². The first-order valence-corrected chi connectivity index (χ1v) is 7.75. The molecule has 2 aromatic heterocycles. The number of nitrogens with zero attached hydrogens (tertiary/aromatic N) is 2. The van der Waals surface area contributed by atoms with E-state index in [1.165, 1.54) is 16.7 Å². The van der Waals surface area contributed by atoms with E-state index in [1.54, 1.807) is 0 Å². The summed E-state index contributed by atoms with van der Waals surface area (Å²) in [5.41, 5.74) is 2.68. The van der Waals surface area contributed by atoms with Crippen molar-refractivity contribution >= 4 is 28.1 Å². The second-order valence-electron chi connectivity index (χ2n) is 5.31. The van der Waals surface area contributed by atoms with Gasteiger partial charge in [0.2, 0.25) is 0 Å². The number of amides is 1. The molecule has 1 aromatic carbocycles. The van der Waals surface area contributed by atoms with E-state index in [4.69, 9.17) is 0 Å². The summed E-state index contributed by atoms with van der Waals surface area (Å²) in [6.45, 7) is 3.88. The quantitative estimate of drug-likeness (QED) is 0.805. The maximum atomic E-state index is 12.0. The van der Waals surface area contributed by atoms with Gasteiger partial charge in [-0.3, -0.25) is 4.79 Å². The summed E-state index contributed by atoms with van der Waals surface area (Å²) in [5, 5.41) is 6.72. The molecule has 0 aliphatic heterocycles. The number of benzene rings is 1. The van der Waals surface area contributed by atoms with Gasteiger partial charge in [-0.1, -0.05) is 18.2 Å². The van der Waals surface area contributed by atoms with E-state index in [1.807, 2.05) is 38.4 Å². The monoisotopic (exact) mass is 299 g/mol. The Morgan fingerprint density at radius 1 is 1.33 bits per heavy atom. The lowest BCUT2D eigenvalue weighted by Crippen LogP contribution is -2.30. The van der Waals surface area contributed by atoms with Gasteiger partial charge in [-0.2, -0.15) is 0 Å². The molecule has 1 amide bonds. The highest BCUT2D eigenvalue weighted by molar-refractivity contribution is 7.13. The fourth-order valence-corrected chi connectivity index (χ4v) is 3.18. The van der Waals surface area contributed by atoms with Gasteiger partial charge in [0.25, 0.3) is 5.91 Å². The molecule has 0 fully saturated rings. The fraction of sp³-hybridized carbons (Fsp3) is 0.250. The van der Waals surface area contributed by atoms with Crippen LogP contribution in [0.5, 0.6) is 0 Å². The molecule has 2 heterocycles. The molecule has 0 unspecified atom stereocenters. The molecule has 21 heavy (non-hydrogen) atoms. The molecule has 5 heteroatoms. The Morgan fingerprint density at radius 2 is 2.10 bits per heavy atom. The van der Waals surface area contributed by atoms with Gasteiger partial charge < -0.3 is 9.88 Å². The Morgan fingerprint density at radius 3 is 2.81 bits per heavy atom. The van der Waals surface area contributed by atoms with Crippen LogP contribution in [0.3, 0.4) is 0 Å². The van der Waals surface area contributed by atoms with E-state index in [2.05, 4.69) is 33.1 Å². The van der Waals surface area contributed by atoms with E-state index in [9.17, 15) is 4.79 Å². The van der Waals surface area contributed by atoms with Gasteiger partial charge >= 0.3 is 0 Å². The van der Waals surface area contributed by atoms with Crippen LogP contribution in [0, 0.1) is 0 Å². The van der Waals surface area contributed by atoms with Crippen LogP contribution >= 0.6 is 11.3 Å². The predicted molar refractivity (Wildman–Crippen MR) is 86.6 cm³/mol. The van der Waals surface area contributed by atoms with Gasteiger partial charge in [-0.15, -0.1) is 11.3 Å². The van der Waals surface area contributed by atoms with Crippen LogP contribution in [0.2, 0.25) is 0 Å². The summed E-state index contributed by atoms with van der Waals surface area (Å²) in [5.74, 6) is -0.119. The molecule has 0 bridgehead atoms. The second-order valence-corrected chi connectivity index (χ2v) is 6.17. The Kier molecular flexibility index (Phi) is 3.51. The summed E-state index contributed by atoms with van der Waals surface area (Å²) in [7, 11) is 2.02. The zero-order valence-electron chi connectivity index (χ0n) is 12.3. The molecular formula is C16H17N3OS. The predicted octanol–water partition coefficient (Wildman–Crippen LogP) is 3.44. The summed E-state index contributed by atoms with van der Waals surface area (Å²) >= 11 is 1.49. The van der Waals surface area contributed by atoms with Gasteiger partial charge in [-0.05, 0) is 26.0 Å². The molecule has 108 valence electrons. The van der Waals surface area contributed by atoms with E-state index >= 15 is 0 Å². The number of carbonyl (C=O) groups is 1. The van der Waals surface area contributed by atoms with Crippen LogP contribution in [0.25, 0.3) is 21.6 Å². The highest BCUT2D eigenvalue weighted by atomic mass is 32.1. The highest BCUT2D eigenvalue weighted by Crippen LogP contribution is 2.29. The Hall–Kier alpha value is -2.14. The molecule has 1 N–H and O–H groups in total. The average Bonchev–Trinajstić information content (AvgIpc) is 3.04. The Balaban J connectivity index is 1.98. The molecular weight excluding hydrogens is 282 g/mol. The normalized spacial score (nSPS) is 11.2.